The first-order chi connectivity index (χ1) is 11.6. The molecule has 2 rings (SSSR count). The number of rotatable bonds is 7. The van der Waals surface area contributed by atoms with Crippen LogP contribution in [0.4, 0.5) is 4.79 Å². The second-order valence-electron chi connectivity index (χ2n) is 6.19. The van der Waals surface area contributed by atoms with Gasteiger partial charge in [-0.3, -0.25) is 4.90 Å². The van der Waals surface area contributed by atoms with Gasteiger partial charge in [-0.05, 0) is 18.4 Å². The first-order valence-electron chi connectivity index (χ1n) is 8.64. The Kier molecular flexibility index (Phi) is 7.06. The SMILES string of the molecule is CCC[C@H](NC(=O)N1CCN(CCc2ccccc2)CC1)C(=O)O. The zero-order valence-electron chi connectivity index (χ0n) is 14.3. The van der Waals surface area contributed by atoms with Crippen LogP contribution in [0.15, 0.2) is 30.3 Å². The minimum Gasteiger partial charge on any atom is -0.480 e. The van der Waals surface area contributed by atoms with E-state index in [1.54, 1.807) is 4.90 Å². The van der Waals surface area contributed by atoms with E-state index in [0.717, 1.165) is 32.5 Å². The quantitative estimate of drug-likeness (QED) is 0.798. The summed E-state index contributed by atoms with van der Waals surface area (Å²) < 4.78 is 0. The number of carbonyl (C=O) groups excluding carboxylic acids is 1. The first kappa shape index (κ1) is 18.3. The van der Waals surface area contributed by atoms with E-state index in [2.05, 4.69) is 22.3 Å². The molecule has 6 heteroatoms. The van der Waals surface area contributed by atoms with Crippen LogP contribution in [0.3, 0.4) is 0 Å². The molecule has 6 nitrogen and oxygen atoms in total. The van der Waals surface area contributed by atoms with E-state index < -0.39 is 12.0 Å². The van der Waals surface area contributed by atoms with E-state index in [4.69, 9.17) is 5.11 Å². The van der Waals surface area contributed by atoms with Crippen LogP contribution in [0.1, 0.15) is 25.3 Å². The van der Waals surface area contributed by atoms with Gasteiger partial charge in [-0.15, -0.1) is 0 Å². The van der Waals surface area contributed by atoms with Crippen molar-refractivity contribution < 1.29 is 14.7 Å². The van der Waals surface area contributed by atoms with Gasteiger partial charge in [0.05, 0.1) is 0 Å². The number of hydrogen-bond donors (Lipinski definition) is 2. The monoisotopic (exact) mass is 333 g/mol. The molecule has 1 aliphatic rings. The number of carboxylic acids is 1. The molecule has 1 atom stereocenters. The highest BCUT2D eigenvalue weighted by molar-refractivity contribution is 5.82. The van der Waals surface area contributed by atoms with Crippen molar-refractivity contribution >= 4 is 12.0 Å². The molecule has 2 N–H and O–H groups in total. The van der Waals surface area contributed by atoms with E-state index >= 15 is 0 Å². The zero-order valence-corrected chi connectivity index (χ0v) is 14.3. The number of piperazine rings is 1. The van der Waals surface area contributed by atoms with Gasteiger partial charge in [0.25, 0.3) is 0 Å². The lowest BCUT2D eigenvalue weighted by Crippen LogP contribution is -2.54. The molecule has 0 radical (unpaired) electrons. The van der Waals surface area contributed by atoms with Crippen molar-refractivity contribution in [2.75, 3.05) is 32.7 Å². The third-order valence-electron chi connectivity index (χ3n) is 4.39. The second kappa shape index (κ2) is 9.27. The zero-order chi connectivity index (χ0) is 17.4. The summed E-state index contributed by atoms with van der Waals surface area (Å²) in [5.41, 5.74) is 1.32. The Morgan fingerprint density at radius 1 is 1.17 bits per heavy atom. The molecule has 0 bridgehead atoms. The number of benzene rings is 1. The molecule has 2 amide bonds. The number of urea groups is 1. The van der Waals surface area contributed by atoms with Crippen molar-refractivity contribution in [3.8, 4) is 0 Å². The summed E-state index contributed by atoms with van der Waals surface area (Å²) in [7, 11) is 0. The van der Waals surface area contributed by atoms with Crippen LogP contribution in [0.5, 0.6) is 0 Å². The summed E-state index contributed by atoms with van der Waals surface area (Å²) in [6.07, 6.45) is 2.19. The highest BCUT2D eigenvalue weighted by Gasteiger charge is 2.25. The third kappa shape index (κ3) is 5.53. The van der Waals surface area contributed by atoms with E-state index in [0.29, 0.717) is 19.5 Å². The summed E-state index contributed by atoms with van der Waals surface area (Å²) in [6.45, 7) is 5.82. The van der Waals surface area contributed by atoms with Crippen LogP contribution in [0.2, 0.25) is 0 Å². The normalized spacial score (nSPS) is 16.6. The number of nitrogens with zero attached hydrogens (tertiary/aromatic N) is 2. The molecule has 1 aromatic carbocycles. The van der Waals surface area contributed by atoms with Gasteiger partial charge in [-0.2, -0.15) is 0 Å². The van der Waals surface area contributed by atoms with Gasteiger partial charge < -0.3 is 15.3 Å². The van der Waals surface area contributed by atoms with E-state index in [-0.39, 0.29) is 6.03 Å². The van der Waals surface area contributed by atoms with Crippen LogP contribution in [0, 0.1) is 0 Å². The minimum atomic E-state index is -0.966. The summed E-state index contributed by atoms with van der Waals surface area (Å²) in [4.78, 5) is 27.4. The van der Waals surface area contributed by atoms with Gasteiger partial charge in [0.1, 0.15) is 6.04 Å². The Labute approximate surface area is 143 Å². The average Bonchev–Trinajstić information content (AvgIpc) is 2.60. The second-order valence-corrected chi connectivity index (χ2v) is 6.19. The predicted octanol–water partition coefficient (Wildman–Crippen LogP) is 1.81. The maximum atomic E-state index is 12.2. The summed E-state index contributed by atoms with van der Waals surface area (Å²) in [5, 5.41) is 11.8. The molecule has 1 fully saturated rings. The van der Waals surface area contributed by atoms with Crippen molar-refractivity contribution in [2.45, 2.75) is 32.2 Å². The Balaban J connectivity index is 1.73. The minimum absolute atomic E-state index is 0.265. The van der Waals surface area contributed by atoms with E-state index in [1.807, 2.05) is 25.1 Å². The number of carboxylic acid groups (broad SMARTS) is 1. The Morgan fingerprint density at radius 2 is 1.83 bits per heavy atom. The largest absolute Gasteiger partial charge is 0.480 e. The van der Waals surface area contributed by atoms with Gasteiger partial charge in [0, 0.05) is 32.7 Å². The number of amides is 2. The number of carbonyl (C=O) groups is 2. The molecule has 0 spiro atoms. The summed E-state index contributed by atoms with van der Waals surface area (Å²) in [5.74, 6) is -0.966. The molecule has 24 heavy (non-hydrogen) atoms. The molecule has 1 saturated heterocycles. The van der Waals surface area contributed by atoms with Gasteiger partial charge in [-0.25, -0.2) is 9.59 Å². The highest BCUT2D eigenvalue weighted by atomic mass is 16.4. The standard InChI is InChI=1S/C18H27N3O3/c1-2-6-16(17(22)23)19-18(24)21-13-11-20(12-14-21)10-9-15-7-4-3-5-8-15/h3-5,7-8,16H,2,6,9-14H2,1H3,(H,19,24)(H,22,23)/t16-/m0/s1. The third-order valence-corrected chi connectivity index (χ3v) is 4.39. The van der Waals surface area contributed by atoms with Gasteiger partial charge in [0.15, 0.2) is 0 Å². The maximum absolute atomic E-state index is 12.2. The van der Waals surface area contributed by atoms with Crippen LogP contribution in [-0.2, 0) is 11.2 Å². The van der Waals surface area contributed by atoms with Crippen molar-refractivity contribution in [3.05, 3.63) is 35.9 Å². The Hall–Kier alpha value is -2.08. The van der Waals surface area contributed by atoms with Crippen molar-refractivity contribution in [2.24, 2.45) is 0 Å². The van der Waals surface area contributed by atoms with Gasteiger partial charge >= 0.3 is 12.0 Å². The molecule has 0 saturated carbocycles. The molecule has 132 valence electrons. The average molecular weight is 333 g/mol. The molecule has 1 heterocycles. The number of nitrogens with one attached hydrogen (secondary N) is 1. The van der Waals surface area contributed by atoms with Crippen LogP contribution in [-0.4, -0.2) is 65.7 Å². The topological polar surface area (TPSA) is 72.9 Å². The van der Waals surface area contributed by atoms with Crippen molar-refractivity contribution in [3.63, 3.8) is 0 Å². The lowest BCUT2D eigenvalue weighted by atomic mass is 10.1. The molecule has 1 aliphatic heterocycles. The maximum Gasteiger partial charge on any atom is 0.326 e. The van der Waals surface area contributed by atoms with E-state index in [9.17, 15) is 9.59 Å². The lowest BCUT2D eigenvalue weighted by molar-refractivity contribution is -0.139. The Morgan fingerprint density at radius 3 is 2.42 bits per heavy atom. The number of aliphatic carboxylic acids is 1. The summed E-state index contributed by atoms with van der Waals surface area (Å²) in [6, 6.07) is 9.31. The lowest BCUT2D eigenvalue weighted by Gasteiger charge is -2.35. The van der Waals surface area contributed by atoms with E-state index in [1.165, 1.54) is 5.56 Å². The molecule has 0 aromatic heterocycles. The molecule has 1 aromatic rings. The van der Waals surface area contributed by atoms with Crippen molar-refractivity contribution in [1.29, 1.82) is 0 Å². The fourth-order valence-corrected chi connectivity index (χ4v) is 2.89. The fourth-order valence-electron chi connectivity index (χ4n) is 2.89. The van der Waals surface area contributed by atoms with Gasteiger partial charge in [-0.1, -0.05) is 43.7 Å². The van der Waals surface area contributed by atoms with Crippen LogP contribution < -0.4 is 5.32 Å². The van der Waals surface area contributed by atoms with Crippen LogP contribution in [0.25, 0.3) is 0 Å². The molecule has 0 unspecified atom stereocenters. The first-order valence-corrected chi connectivity index (χ1v) is 8.64. The highest BCUT2D eigenvalue weighted by Crippen LogP contribution is 2.07. The summed E-state index contributed by atoms with van der Waals surface area (Å²) >= 11 is 0. The smallest absolute Gasteiger partial charge is 0.326 e. The molecular weight excluding hydrogens is 306 g/mol. The van der Waals surface area contributed by atoms with Crippen LogP contribution >= 0.6 is 0 Å². The fraction of sp³-hybridized carbons (Fsp3) is 0.556. The predicted molar refractivity (Wildman–Crippen MR) is 93.0 cm³/mol. The van der Waals surface area contributed by atoms with Gasteiger partial charge in [0.2, 0.25) is 0 Å². The molecule has 0 aliphatic carbocycles. The number of hydrogen-bond acceptors (Lipinski definition) is 3. The van der Waals surface area contributed by atoms with Crippen molar-refractivity contribution in [1.82, 2.24) is 15.1 Å². The Bertz CT molecular complexity index is 528. The molecular formula is C18H27N3O3.